The minimum Gasteiger partial charge on any atom is -0.435 e. The van der Waals surface area contributed by atoms with Crippen LogP contribution in [0, 0.1) is 13.8 Å². The van der Waals surface area contributed by atoms with Crippen LogP contribution in [0.25, 0.3) is 0 Å². The molecule has 1 amide bonds. The van der Waals surface area contributed by atoms with Crippen LogP contribution in [0.2, 0.25) is 0 Å². The molecule has 0 fully saturated rings. The lowest BCUT2D eigenvalue weighted by molar-refractivity contribution is -0.0498. The van der Waals surface area contributed by atoms with E-state index in [0.717, 1.165) is 11.4 Å². The molecule has 7 heteroatoms. The molecule has 0 saturated carbocycles. The largest absolute Gasteiger partial charge is 0.435 e. The van der Waals surface area contributed by atoms with Gasteiger partial charge in [0, 0.05) is 17.3 Å². The standard InChI is InChI=1S/C16H19F2N3O2/c1-10-7-12(3)21(20-10)9-11(2)19-15(22)13-5-4-6-14(8-13)23-16(17)18/h4-8,11,16H,9H2,1-3H3,(H,19,22)/t11-/m1/s1. The maximum Gasteiger partial charge on any atom is 0.387 e. The highest BCUT2D eigenvalue weighted by Crippen LogP contribution is 2.16. The molecule has 0 aliphatic rings. The van der Waals surface area contributed by atoms with E-state index < -0.39 is 6.61 Å². The summed E-state index contributed by atoms with van der Waals surface area (Å²) >= 11 is 0. The molecule has 5 nitrogen and oxygen atoms in total. The summed E-state index contributed by atoms with van der Waals surface area (Å²) in [6.07, 6.45) is 0. The Balaban J connectivity index is 1.99. The molecule has 1 heterocycles. The maximum atomic E-state index is 12.2. The van der Waals surface area contributed by atoms with E-state index in [1.807, 2.05) is 31.5 Å². The van der Waals surface area contributed by atoms with E-state index in [4.69, 9.17) is 0 Å². The molecule has 1 aromatic carbocycles. The van der Waals surface area contributed by atoms with E-state index >= 15 is 0 Å². The van der Waals surface area contributed by atoms with Crippen LogP contribution >= 0.6 is 0 Å². The summed E-state index contributed by atoms with van der Waals surface area (Å²) in [6, 6.07) is 7.50. The van der Waals surface area contributed by atoms with E-state index in [0.29, 0.717) is 6.54 Å². The molecule has 0 aliphatic carbocycles. The van der Waals surface area contributed by atoms with Gasteiger partial charge in [-0.15, -0.1) is 0 Å². The Morgan fingerprint density at radius 3 is 2.70 bits per heavy atom. The van der Waals surface area contributed by atoms with E-state index in [9.17, 15) is 13.6 Å². The lowest BCUT2D eigenvalue weighted by Gasteiger charge is -2.15. The van der Waals surface area contributed by atoms with E-state index in [-0.39, 0.29) is 23.3 Å². The van der Waals surface area contributed by atoms with Crippen LogP contribution in [-0.2, 0) is 6.54 Å². The summed E-state index contributed by atoms with van der Waals surface area (Å²) in [5.41, 5.74) is 2.19. The molecule has 0 unspecified atom stereocenters. The number of aryl methyl sites for hydroxylation is 2. The number of aromatic nitrogens is 2. The van der Waals surface area contributed by atoms with Gasteiger partial charge in [0.2, 0.25) is 0 Å². The molecule has 1 atom stereocenters. The van der Waals surface area contributed by atoms with Gasteiger partial charge in [-0.2, -0.15) is 13.9 Å². The summed E-state index contributed by atoms with van der Waals surface area (Å²) in [4.78, 5) is 12.2. The van der Waals surface area contributed by atoms with Crippen molar-refractivity contribution < 1.29 is 18.3 Å². The second kappa shape index (κ2) is 7.21. The highest BCUT2D eigenvalue weighted by atomic mass is 19.3. The van der Waals surface area contributed by atoms with Gasteiger partial charge < -0.3 is 10.1 Å². The maximum absolute atomic E-state index is 12.2. The van der Waals surface area contributed by atoms with Gasteiger partial charge in [0.15, 0.2) is 0 Å². The van der Waals surface area contributed by atoms with Crippen molar-refractivity contribution in [3.63, 3.8) is 0 Å². The fraction of sp³-hybridized carbons (Fsp3) is 0.375. The smallest absolute Gasteiger partial charge is 0.387 e. The summed E-state index contributed by atoms with van der Waals surface area (Å²) in [5, 5.41) is 7.16. The van der Waals surface area contributed by atoms with Gasteiger partial charge in [0.25, 0.3) is 5.91 Å². The number of hydrogen-bond acceptors (Lipinski definition) is 3. The fourth-order valence-corrected chi connectivity index (χ4v) is 2.29. The third kappa shape index (κ3) is 4.77. The van der Waals surface area contributed by atoms with Gasteiger partial charge in [0.05, 0.1) is 12.2 Å². The topological polar surface area (TPSA) is 56.2 Å². The highest BCUT2D eigenvalue weighted by molar-refractivity contribution is 5.94. The lowest BCUT2D eigenvalue weighted by atomic mass is 10.2. The zero-order valence-electron chi connectivity index (χ0n) is 13.2. The first-order valence-electron chi connectivity index (χ1n) is 7.22. The van der Waals surface area contributed by atoms with E-state index in [1.165, 1.54) is 18.2 Å². The third-order valence-corrected chi connectivity index (χ3v) is 3.25. The van der Waals surface area contributed by atoms with Crippen LogP contribution < -0.4 is 10.1 Å². The summed E-state index contributed by atoms with van der Waals surface area (Å²) < 4.78 is 30.5. The normalized spacial score (nSPS) is 12.3. The number of alkyl halides is 2. The molecule has 0 saturated heterocycles. The van der Waals surface area contributed by atoms with Crippen LogP contribution in [0.15, 0.2) is 30.3 Å². The van der Waals surface area contributed by atoms with Crippen molar-refractivity contribution in [2.45, 2.75) is 40.0 Å². The van der Waals surface area contributed by atoms with Gasteiger partial charge in [-0.1, -0.05) is 6.07 Å². The zero-order valence-corrected chi connectivity index (χ0v) is 13.2. The first kappa shape index (κ1) is 16.9. The second-order valence-corrected chi connectivity index (χ2v) is 5.39. The number of carbonyl (C=O) groups excluding carboxylic acids is 1. The quantitative estimate of drug-likeness (QED) is 0.889. The number of nitrogens with one attached hydrogen (secondary N) is 1. The van der Waals surface area contributed by atoms with E-state index in [1.54, 1.807) is 6.07 Å². The number of hydrogen-bond donors (Lipinski definition) is 1. The van der Waals surface area contributed by atoms with Gasteiger partial charge >= 0.3 is 6.61 Å². The van der Waals surface area contributed by atoms with Crippen molar-refractivity contribution in [2.75, 3.05) is 0 Å². The van der Waals surface area contributed by atoms with Crippen LogP contribution in [0.4, 0.5) is 8.78 Å². The van der Waals surface area contributed by atoms with Crippen molar-refractivity contribution in [1.29, 1.82) is 0 Å². The van der Waals surface area contributed by atoms with Gasteiger partial charge in [-0.25, -0.2) is 0 Å². The molecule has 1 aromatic heterocycles. The van der Waals surface area contributed by atoms with Crippen LogP contribution in [0.1, 0.15) is 28.7 Å². The van der Waals surface area contributed by atoms with Crippen molar-refractivity contribution in [1.82, 2.24) is 15.1 Å². The molecule has 0 bridgehead atoms. The van der Waals surface area contributed by atoms with Crippen molar-refractivity contribution in [3.8, 4) is 5.75 Å². The Kier molecular flexibility index (Phi) is 5.31. The van der Waals surface area contributed by atoms with Gasteiger partial charge in [-0.05, 0) is 45.0 Å². The van der Waals surface area contributed by atoms with Gasteiger partial charge in [0.1, 0.15) is 5.75 Å². The lowest BCUT2D eigenvalue weighted by Crippen LogP contribution is -2.36. The number of nitrogens with zero attached hydrogens (tertiary/aromatic N) is 2. The monoisotopic (exact) mass is 323 g/mol. The van der Waals surface area contributed by atoms with Crippen LogP contribution in [0.3, 0.4) is 0 Å². The number of rotatable bonds is 6. The number of ether oxygens (including phenoxy) is 1. The highest BCUT2D eigenvalue weighted by Gasteiger charge is 2.13. The Morgan fingerprint density at radius 1 is 1.35 bits per heavy atom. The Morgan fingerprint density at radius 2 is 2.09 bits per heavy atom. The summed E-state index contributed by atoms with van der Waals surface area (Å²) in [5.74, 6) is -0.391. The predicted octanol–water partition coefficient (Wildman–Crippen LogP) is 2.92. The molecular formula is C16H19F2N3O2. The molecule has 0 radical (unpaired) electrons. The SMILES string of the molecule is Cc1cc(C)n(C[C@@H](C)NC(=O)c2cccc(OC(F)F)c2)n1. The molecule has 1 N–H and O–H groups in total. The fourth-order valence-electron chi connectivity index (χ4n) is 2.29. The molecule has 2 aromatic rings. The summed E-state index contributed by atoms with van der Waals surface area (Å²) in [6.45, 7) is 3.31. The third-order valence-electron chi connectivity index (χ3n) is 3.25. The molecule has 23 heavy (non-hydrogen) atoms. The number of amides is 1. The molecule has 0 aliphatic heterocycles. The number of carbonyl (C=O) groups is 1. The Labute approximate surface area is 133 Å². The van der Waals surface area contributed by atoms with Gasteiger partial charge in [-0.3, -0.25) is 9.48 Å². The number of benzene rings is 1. The van der Waals surface area contributed by atoms with Crippen molar-refractivity contribution >= 4 is 5.91 Å². The van der Waals surface area contributed by atoms with E-state index in [2.05, 4.69) is 15.2 Å². The average Bonchev–Trinajstić information content (AvgIpc) is 2.76. The molecule has 0 spiro atoms. The van der Waals surface area contributed by atoms with Crippen LogP contribution in [-0.4, -0.2) is 28.3 Å². The predicted molar refractivity (Wildman–Crippen MR) is 81.7 cm³/mol. The molecular weight excluding hydrogens is 304 g/mol. The zero-order chi connectivity index (χ0) is 17.0. The Hall–Kier alpha value is -2.44. The van der Waals surface area contributed by atoms with Crippen molar-refractivity contribution in [3.05, 3.63) is 47.3 Å². The first-order valence-corrected chi connectivity index (χ1v) is 7.22. The average molecular weight is 323 g/mol. The van der Waals surface area contributed by atoms with Crippen molar-refractivity contribution in [2.24, 2.45) is 0 Å². The first-order chi connectivity index (χ1) is 10.8. The minimum absolute atomic E-state index is 0.0427. The minimum atomic E-state index is -2.92. The number of halogens is 2. The Bertz CT molecular complexity index is 686. The van der Waals surface area contributed by atoms with Crippen LogP contribution in [0.5, 0.6) is 5.75 Å². The summed E-state index contributed by atoms with van der Waals surface area (Å²) in [7, 11) is 0. The second-order valence-electron chi connectivity index (χ2n) is 5.39. The molecule has 2 rings (SSSR count). The molecule has 124 valence electrons.